The summed E-state index contributed by atoms with van der Waals surface area (Å²) in [6.07, 6.45) is 2.29. The molecular formula is C12H26Br2N2+2. The van der Waals surface area contributed by atoms with E-state index in [0.717, 1.165) is 28.6 Å². The first-order valence-electron chi connectivity index (χ1n) is 5.69. The molecule has 16 heavy (non-hydrogen) atoms. The highest BCUT2D eigenvalue weighted by Crippen LogP contribution is 2.21. The van der Waals surface area contributed by atoms with E-state index in [2.05, 4.69) is 80.1 Å². The third-order valence-corrected chi connectivity index (χ3v) is 4.92. The molecule has 0 spiro atoms. The zero-order chi connectivity index (χ0) is 13.0. The molecule has 0 bridgehead atoms. The van der Waals surface area contributed by atoms with Crippen molar-refractivity contribution in [1.29, 1.82) is 0 Å². The highest BCUT2D eigenvalue weighted by molar-refractivity contribution is 9.14. The number of quaternary nitrogens is 2. The quantitative estimate of drug-likeness (QED) is 0.506. The fourth-order valence-electron chi connectivity index (χ4n) is 1.16. The van der Waals surface area contributed by atoms with Crippen LogP contribution in [0.25, 0.3) is 0 Å². The minimum atomic E-state index is 0.407. The second-order valence-electron chi connectivity index (χ2n) is 5.96. The van der Waals surface area contributed by atoms with Gasteiger partial charge >= 0.3 is 0 Å². The van der Waals surface area contributed by atoms with Gasteiger partial charge in [-0.2, -0.15) is 0 Å². The molecule has 0 aromatic heterocycles. The summed E-state index contributed by atoms with van der Waals surface area (Å²) in [4.78, 5) is 0.407. The number of alkyl halides is 1. The van der Waals surface area contributed by atoms with Crippen molar-refractivity contribution in [2.75, 3.05) is 54.9 Å². The van der Waals surface area contributed by atoms with E-state index in [1.165, 1.54) is 4.48 Å². The van der Waals surface area contributed by atoms with E-state index in [1.807, 2.05) is 0 Å². The van der Waals surface area contributed by atoms with Crippen LogP contribution in [0.1, 0.15) is 6.92 Å². The van der Waals surface area contributed by atoms with Gasteiger partial charge in [-0.05, 0) is 13.0 Å². The normalized spacial score (nSPS) is 16.4. The molecule has 0 aliphatic rings. The smallest absolute Gasteiger partial charge is 0.0980 e. The van der Waals surface area contributed by atoms with E-state index < -0.39 is 0 Å². The van der Waals surface area contributed by atoms with Crippen molar-refractivity contribution in [3.05, 3.63) is 10.6 Å². The van der Waals surface area contributed by atoms with E-state index in [9.17, 15) is 0 Å². The molecule has 0 aromatic rings. The van der Waals surface area contributed by atoms with Crippen LogP contribution in [0, 0.1) is 0 Å². The molecule has 0 N–H and O–H groups in total. The molecule has 0 rings (SSSR count). The fourth-order valence-corrected chi connectivity index (χ4v) is 2.50. The Balaban J connectivity index is 4.33. The number of hydrogen-bond donors (Lipinski definition) is 0. The van der Waals surface area contributed by atoms with Crippen molar-refractivity contribution in [3.8, 4) is 0 Å². The maximum atomic E-state index is 3.73. The molecule has 0 amide bonds. The lowest BCUT2D eigenvalue weighted by atomic mass is 10.3. The molecule has 1 atom stereocenters. The van der Waals surface area contributed by atoms with E-state index >= 15 is 0 Å². The molecule has 0 radical (unpaired) electrons. The first kappa shape index (κ1) is 16.6. The van der Waals surface area contributed by atoms with Crippen LogP contribution in [0.4, 0.5) is 0 Å². The van der Waals surface area contributed by atoms with E-state index in [0.29, 0.717) is 4.83 Å². The number of rotatable bonds is 6. The van der Waals surface area contributed by atoms with Crippen molar-refractivity contribution in [3.63, 3.8) is 0 Å². The summed E-state index contributed by atoms with van der Waals surface area (Å²) in [5, 5.41) is 0. The van der Waals surface area contributed by atoms with Gasteiger partial charge < -0.3 is 8.97 Å². The first-order valence-corrected chi connectivity index (χ1v) is 7.40. The monoisotopic (exact) mass is 356 g/mol. The summed E-state index contributed by atoms with van der Waals surface area (Å²) in [7, 11) is 11.1. The first-order chi connectivity index (χ1) is 7.07. The van der Waals surface area contributed by atoms with Crippen molar-refractivity contribution in [2.45, 2.75) is 11.8 Å². The highest BCUT2D eigenvalue weighted by atomic mass is 79.9. The topological polar surface area (TPSA) is 0 Å². The Morgan fingerprint density at radius 2 is 1.69 bits per heavy atom. The highest BCUT2D eigenvalue weighted by Gasteiger charge is 2.18. The summed E-state index contributed by atoms with van der Waals surface area (Å²) in [5.74, 6) is 0. The van der Waals surface area contributed by atoms with Gasteiger partial charge in [0.05, 0.1) is 59.7 Å². The standard InChI is InChI=1S/C12H26Br2N2/c1-7-16(5,6)9-8-11(13)12(14)10-15(2,3)4/h8,12H,7,9-10H2,1-6H3/q+2/b11-8-. The fraction of sp³-hybridized carbons (Fsp3) is 0.833. The second-order valence-corrected chi connectivity index (χ2v) is 7.98. The summed E-state index contributed by atoms with van der Waals surface area (Å²) in [6, 6.07) is 0. The van der Waals surface area contributed by atoms with Crippen molar-refractivity contribution >= 4 is 31.9 Å². The van der Waals surface area contributed by atoms with Crippen LogP contribution in [-0.4, -0.2) is 68.7 Å². The molecule has 2 nitrogen and oxygen atoms in total. The molecule has 0 fully saturated rings. The average Bonchev–Trinajstić information content (AvgIpc) is 2.11. The van der Waals surface area contributed by atoms with Gasteiger partial charge in [0.2, 0.25) is 0 Å². The Labute approximate surface area is 118 Å². The Bertz CT molecular complexity index is 242. The zero-order valence-corrected chi connectivity index (χ0v) is 14.6. The maximum absolute atomic E-state index is 3.73. The number of likely N-dealkylation sites (N-methyl/N-ethyl adjacent to an activating group) is 1. The average molecular weight is 358 g/mol. The minimum Gasteiger partial charge on any atom is -0.330 e. The van der Waals surface area contributed by atoms with Crippen LogP contribution in [0.2, 0.25) is 0 Å². The van der Waals surface area contributed by atoms with Crippen molar-refractivity contribution < 1.29 is 8.97 Å². The van der Waals surface area contributed by atoms with Gasteiger partial charge in [-0.25, -0.2) is 0 Å². The van der Waals surface area contributed by atoms with Crippen molar-refractivity contribution in [1.82, 2.24) is 0 Å². The summed E-state index contributed by atoms with van der Waals surface area (Å²) in [5.41, 5.74) is 0. The number of hydrogen-bond acceptors (Lipinski definition) is 0. The van der Waals surface area contributed by atoms with Crippen molar-refractivity contribution in [2.24, 2.45) is 0 Å². The molecule has 0 aliphatic heterocycles. The Morgan fingerprint density at radius 1 is 1.19 bits per heavy atom. The van der Waals surface area contributed by atoms with Gasteiger partial charge in [-0.15, -0.1) is 0 Å². The largest absolute Gasteiger partial charge is 0.330 e. The summed E-state index contributed by atoms with van der Waals surface area (Å²) >= 11 is 7.40. The van der Waals surface area contributed by atoms with E-state index in [-0.39, 0.29) is 0 Å². The Kier molecular flexibility index (Phi) is 6.78. The lowest BCUT2D eigenvalue weighted by Gasteiger charge is -2.28. The van der Waals surface area contributed by atoms with Gasteiger partial charge in [0.15, 0.2) is 0 Å². The second kappa shape index (κ2) is 6.53. The van der Waals surface area contributed by atoms with Gasteiger partial charge in [0, 0.05) is 4.48 Å². The molecule has 96 valence electrons. The SMILES string of the molecule is CC[N+](C)(C)C/C=C(\Br)C(Br)C[N+](C)(C)C. The predicted octanol–water partition coefficient (Wildman–Crippen LogP) is 2.83. The summed E-state index contributed by atoms with van der Waals surface area (Å²) in [6.45, 7) is 5.52. The van der Waals surface area contributed by atoms with Gasteiger partial charge in [-0.1, -0.05) is 31.9 Å². The summed E-state index contributed by atoms with van der Waals surface area (Å²) < 4.78 is 3.25. The minimum absolute atomic E-state index is 0.407. The number of nitrogens with zero attached hydrogens (tertiary/aromatic N) is 2. The molecule has 0 saturated heterocycles. The predicted molar refractivity (Wildman–Crippen MR) is 80.1 cm³/mol. The lowest BCUT2D eigenvalue weighted by molar-refractivity contribution is -0.882. The third-order valence-electron chi connectivity index (χ3n) is 2.64. The molecule has 0 aromatic carbocycles. The Hall–Kier alpha value is 0.620. The maximum Gasteiger partial charge on any atom is 0.0980 e. The molecule has 0 aliphatic carbocycles. The zero-order valence-electron chi connectivity index (χ0n) is 11.4. The van der Waals surface area contributed by atoms with Crippen LogP contribution >= 0.6 is 31.9 Å². The third kappa shape index (κ3) is 7.82. The van der Waals surface area contributed by atoms with Crippen LogP contribution in [0.5, 0.6) is 0 Å². The lowest BCUT2D eigenvalue weighted by Crippen LogP contribution is -2.41. The van der Waals surface area contributed by atoms with Gasteiger partial charge in [0.1, 0.15) is 0 Å². The van der Waals surface area contributed by atoms with Crippen LogP contribution in [0.3, 0.4) is 0 Å². The van der Waals surface area contributed by atoms with Crippen LogP contribution in [-0.2, 0) is 0 Å². The van der Waals surface area contributed by atoms with Crippen LogP contribution in [0.15, 0.2) is 10.6 Å². The van der Waals surface area contributed by atoms with E-state index in [4.69, 9.17) is 0 Å². The molecule has 0 saturated carbocycles. The molecular weight excluding hydrogens is 332 g/mol. The van der Waals surface area contributed by atoms with E-state index in [1.54, 1.807) is 0 Å². The molecule has 1 unspecified atom stereocenters. The Morgan fingerprint density at radius 3 is 2.06 bits per heavy atom. The van der Waals surface area contributed by atoms with Gasteiger partial charge in [0.25, 0.3) is 0 Å². The number of halogens is 2. The van der Waals surface area contributed by atoms with Crippen LogP contribution < -0.4 is 0 Å². The molecule has 4 heteroatoms. The van der Waals surface area contributed by atoms with Gasteiger partial charge in [-0.3, -0.25) is 0 Å². The molecule has 0 heterocycles.